The molecule has 0 fully saturated rings. The highest BCUT2D eigenvalue weighted by atomic mass is 79.9. The number of benzene rings is 2. The van der Waals surface area contributed by atoms with Crippen LogP contribution < -0.4 is 24.4 Å². The average Bonchev–Trinajstić information content (AvgIpc) is 2.73. The zero-order valence-corrected chi connectivity index (χ0v) is 17.4. The molecule has 0 bridgehead atoms. The van der Waals surface area contributed by atoms with E-state index < -0.39 is 6.10 Å². The van der Waals surface area contributed by atoms with E-state index in [1.165, 1.54) is 14.2 Å². The van der Waals surface area contributed by atoms with Crippen LogP contribution in [0.2, 0.25) is 0 Å². The van der Waals surface area contributed by atoms with Crippen molar-refractivity contribution in [2.75, 3.05) is 32.2 Å². The number of fused-ring (bicyclic) bond motifs is 1. The summed E-state index contributed by atoms with van der Waals surface area (Å²) in [5.74, 6) is 0.897. The van der Waals surface area contributed by atoms with Gasteiger partial charge in [-0.2, -0.15) is 0 Å². The van der Waals surface area contributed by atoms with Crippen LogP contribution in [0.4, 0.5) is 5.69 Å². The maximum absolute atomic E-state index is 13.3. The number of nitrogens with zero attached hydrogens (tertiary/aromatic N) is 1. The van der Waals surface area contributed by atoms with Crippen molar-refractivity contribution in [2.45, 2.75) is 13.0 Å². The van der Waals surface area contributed by atoms with Crippen molar-refractivity contribution in [3.8, 4) is 17.2 Å². The van der Waals surface area contributed by atoms with Gasteiger partial charge < -0.3 is 24.4 Å². The standard InChI is InChI=1S/C20H21BrN2O5/c1-4-27-18-13(21)9-12(10-16(18)26-3)20(25)23-11-17(19(24)22-2)28-15-8-6-5-7-14(15)23/h5-10,17H,4,11H2,1-3H3,(H,22,24). The van der Waals surface area contributed by atoms with E-state index in [1.54, 1.807) is 35.2 Å². The van der Waals surface area contributed by atoms with E-state index in [0.29, 0.717) is 39.6 Å². The van der Waals surface area contributed by atoms with E-state index >= 15 is 0 Å². The fraction of sp³-hybridized carbons (Fsp3) is 0.300. The summed E-state index contributed by atoms with van der Waals surface area (Å²) in [6.07, 6.45) is -0.795. The Morgan fingerprint density at radius 2 is 2.07 bits per heavy atom. The fourth-order valence-electron chi connectivity index (χ4n) is 3.01. The number of rotatable bonds is 5. The molecule has 1 heterocycles. The first-order valence-corrected chi connectivity index (χ1v) is 9.58. The molecule has 1 aliphatic rings. The van der Waals surface area contributed by atoms with Crippen LogP contribution in [0.3, 0.4) is 0 Å². The highest BCUT2D eigenvalue weighted by Gasteiger charge is 2.34. The number of anilines is 1. The van der Waals surface area contributed by atoms with Crippen LogP contribution in [-0.2, 0) is 4.79 Å². The first-order valence-electron chi connectivity index (χ1n) is 8.79. The minimum absolute atomic E-state index is 0.0999. The van der Waals surface area contributed by atoms with E-state index in [1.807, 2.05) is 13.0 Å². The molecule has 0 aromatic heterocycles. The molecule has 148 valence electrons. The summed E-state index contributed by atoms with van der Waals surface area (Å²) in [4.78, 5) is 27.0. The second-order valence-corrected chi connectivity index (χ2v) is 6.88. The highest BCUT2D eigenvalue weighted by molar-refractivity contribution is 9.10. The van der Waals surface area contributed by atoms with E-state index in [-0.39, 0.29) is 18.4 Å². The molecule has 0 saturated carbocycles. The summed E-state index contributed by atoms with van der Waals surface area (Å²) in [6, 6.07) is 10.4. The molecule has 3 rings (SSSR count). The monoisotopic (exact) mass is 448 g/mol. The van der Waals surface area contributed by atoms with Crippen LogP contribution in [-0.4, -0.2) is 45.2 Å². The Bertz CT molecular complexity index is 902. The molecule has 2 aromatic carbocycles. The molecule has 8 heteroatoms. The number of carbonyl (C=O) groups excluding carboxylic acids is 2. The van der Waals surface area contributed by atoms with Crippen molar-refractivity contribution in [1.82, 2.24) is 5.32 Å². The van der Waals surface area contributed by atoms with Gasteiger partial charge in [0.05, 0.1) is 30.4 Å². The van der Waals surface area contributed by atoms with Gasteiger partial charge in [-0.25, -0.2) is 0 Å². The van der Waals surface area contributed by atoms with Gasteiger partial charge in [-0.1, -0.05) is 12.1 Å². The third-order valence-corrected chi connectivity index (χ3v) is 4.91. The van der Waals surface area contributed by atoms with E-state index in [9.17, 15) is 9.59 Å². The van der Waals surface area contributed by atoms with Gasteiger partial charge in [0.2, 0.25) is 0 Å². The predicted octanol–water partition coefficient (Wildman–Crippen LogP) is 3.01. The number of hydrogen-bond acceptors (Lipinski definition) is 5. The van der Waals surface area contributed by atoms with Gasteiger partial charge in [0.25, 0.3) is 11.8 Å². The number of ether oxygens (including phenoxy) is 3. The van der Waals surface area contributed by atoms with Gasteiger partial charge in [0.1, 0.15) is 5.75 Å². The number of para-hydroxylation sites is 2. The number of nitrogens with one attached hydrogen (secondary N) is 1. The van der Waals surface area contributed by atoms with Crippen molar-refractivity contribution in [1.29, 1.82) is 0 Å². The zero-order valence-electron chi connectivity index (χ0n) is 15.8. The molecule has 1 N–H and O–H groups in total. The Balaban J connectivity index is 2.01. The second-order valence-electron chi connectivity index (χ2n) is 6.03. The molecule has 1 unspecified atom stereocenters. The van der Waals surface area contributed by atoms with Gasteiger partial charge >= 0.3 is 0 Å². The Kier molecular flexibility index (Phi) is 6.08. The minimum Gasteiger partial charge on any atom is -0.493 e. The fourth-order valence-corrected chi connectivity index (χ4v) is 3.56. The molecule has 0 radical (unpaired) electrons. The molecule has 7 nitrogen and oxygen atoms in total. The molecule has 1 atom stereocenters. The number of amides is 2. The topological polar surface area (TPSA) is 77.1 Å². The number of hydrogen-bond donors (Lipinski definition) is 1. The third-order valence-electron chi connectivity index (χ3n) is 4.32. The number of halogens is 1. The van der Waals surface area contributed by atoms with Gasteiger partial charge in [0.15, 0.2) is 17.6 Å². The molecule has 0 aliphatic carbocycles. The Hall–Kier alpha value is -2.74. The molecule has 2 aromatic rings. The van der Waals surface area contributed by atoms with Crippen LogP contribution in [0.15, 0.2) is 40.9 Å². The first-order chi connectivity index (χ1) is 13.5. The third kappa shape index (κ3) is 3.77. The van der Waals surface area contributed by atoms with E-state index in [0.717, 1.165) is 0 Å². The number of likely N-dealkylation sites (N-methyl/N-ethyl adjacent to an activating group) is 1. The van der Waals surface area contributed by atoms with Crippen molar-refractivity contribution in [2.24, 2.45) is 0 Å². The zero-order chi connectivity index (χ0) is 20.3. The lowest BCUT2D eigenvalue weighted by Gasteiger charge is -2.34. The Morgan fingerprint density at radius 1 is 1.32 bits per heavy atom. The van der Waals surface area contributed by atoms with Gasteiger partial charge in [-0.15, -0.1) is 0 Å². The van der Waals surface area contributed by atoms with Crippen LogP contribution in [0.25, 0.3) is 0 Å². The summed E-state index contributed by atoms with van der Waals surface area (Å²) in [6.45, 7) is 2.43. The van der Waals surface area contributed by atoms with Gasteiger partial charge in [0, 0.05) is 12.6 Å². The number of methoxy groups -OCH3 is 1. The van der Waals surface area contributed by atoms with Crippen LogP contribution in [0.1, 0.15) is 17.3 Å². The quantitative estimate of drug-likeness (QED) is 0.760. The molecule has 0 saturated heterocycles. The molecular weight excluding hydrogens is 428 g/mol. The van der Waals surface area contributed by atoms with E-state index in [2.05, 4.69) is 21.2 Å². The lowest BCUT2D eigenvalue weighted by atomic mass is 10.1. The van der Waals surface area contributed by atoms with Crippen molar-refractivity contribution in [3.63, 3.8) is 0 Å². The highest BCUT2D eigenvalue weighted by Crippen LogP contribution is 2.39. The largest absolute Gasteiger partial charge is 0.493 e. The van der Waals surface area contributed by atoms with Crippen molar-refractivity contribution >= 4 is 33.4 Å². The SMILES string of the molecule is CCOc1c(Br)cc(C(=O)N2CC(C(=O)NC)Oc3ccccc32)cc1OC. The van der Waals surface area contributed by atoms with Gasteiger partial charge in [-0.05, 0) is 47.1 Å². The normalized spacial score (nSPS) is 15.3. The predicted molar refractivity (Wildman–Crippen MR) is 108 cm³/mol. The summed E-state index contributed by atoms with van der Waals surface area (Å²) < 4.78 is 17.4. The van der Waals surface area contributed by atoms with E-state index in [4.69, 9.17) is 14.2 Å². The van der Waals surface area contributed by atoms with Crippen molar-refractivity contribution in [3.05, 3.63) is 46.4 Å². The maximum Gasteiger partial charge on any atom is 0.262 e. The number of carbonyl (C=O) groups is 2. The maximum atomic E-state index is 13.3. The average molecular weight is 449 g/mol. The lowest BCUT2D eigenvalue weighted by molar-refractivity contribution is -0.127. The lowest BCUT2D eigenvalue weighted by Crippen LogP contribution is -2.50. The second kappa shape index (κ2) is 8.52. The summed E-state index contributed by atoms with van der Waals surface area (Å²) in [5.41, 5.74) is 1.01. The first kappa shape index (κ1) is 20.0. The molecule has 2 amide bonds. The smallest absolute Gasteiger partial charge is 0.262 e. The molecule has 1 aliphatic heterocycles. The summed E-state index contributed by atoms with van der Waals surface area (Å²) in [7, 11) is 3.05. The Morgan fingerprint density at radius 3 is 2.75 bits per heavy atom. The van der Waals surface area contributed by atoms with Crippen LogP contribution >= 0.6 is 15.9 Å². The minimum atomic E-state index is -0.795. The van der Waals surface area contributed by atoms with Gasteiger partial charge in [-0.3, -0.25) is 9.59 Å². The summed E-state index contributed by atoms with van der Waals surface area (Å²) >= 11 is 3.45. The van der Waals surface area contributed by atoms with Crippen LogP contribution in [0, 0.1) is 0 Å². The Labute approximate surface area is 171 Å². The van der Waals surface area contributed by atoms with Crippen molar-refractivity contribution < 1.29 is 23.8 Å². The molecular formula is C20H21BrN2O5. The van der Waals surface area contributed by atoms with Crippen LogP contribution in [0.5, 0.6) is 17.2 Å². The molecule has 0 spiro atoms. The summed E-state index contributed by atoms with van der Waals surface area (Å²) in [5, 5.41) is 2.57. The molecule has 28 heavy (non-hydrogen) atoms.